The van der Waals surface area contributed by atoms with E-state index >= 15 is 0 Å². The normalized spacial score (nSPS) is 16.9. The van der Waals surface area contributed by atoms with Crippen molar-refractivity contribution in [1.82, 2.24) is 0 Å². The van der Waals surface area contributed by atoms with E-state index in [1.165, 1.54) is 7.96 Å². The molecule has 35 heavy (non-hydrogen) atoms. The molecule has 0 aromatic carbocycles. The molecule has 0 nitrogen and oxygen atoms in total. The van der Waals surface area contributed by atoms with Crippen molar-refractivity contribution in [3.63, 3.8) is 0 Å². The Bertz CT molecular complexity index is 482. The molecule has 0 spiro atoms. The van der Waals surface area contributed by atoms with E-state index in [1.807, 2.05) is 0 Å². The summed E-state index contributed by atoms with van der Waals surface area (Å²) in [6.07, 6.45) is 0. The first kappa shape index (κ1) is 50.1. The second-order valence-corrected chi connectivity index (χ2v) is 147. The summed E-state index contributed by atoms with van der Waals surface area (Å²) in [4.78, 5) is 0. The van der Waals surface area contributed by atoms with Gasteiger partial charge in [-0.2, -0.15) is 0 Å². The van der Waals surface area contributed by atoms with Gasteiger partial charge in [-0.1, -0.05) is 7.96 Å². The van der Waals surface area contributed by atoms with Gasteiger partial charge in [0.1, 0.15) is 0 Å². The highest BCUT2D eigenvalue weighted by atomic mass is 33.5. The molecule has 0 aromatic heterocycles. The Hall–Kier alpha value is 15.0. The molecular weight excluding hydrogens is 1080 g/mol. The molecular formula is H37P35. The monoisotopic (exact) mass is 1120 g/mol. The van der Waals surface area contributed by atoms with Crippen LogP contribution in [-0.2, 0) is 0 Å². The van der Waals surface area contributed by atoms with Crippen LogP contribution in [0.1, 0.15) is 0 Å². The van der Waals surface area contributed by atoms with Gasteiger partial charge in [0.15, 0.2) is 0 Å². The number of hydrogen-bond acceptors (Lipinski definition) is 0. The minimum atomic E-state index is -0.0725. The summed E-state index contributed by atoms with van der Waals surface area (Å²) in [6.45, 7) is -0.288. The van der Waals surface area contributed by atoms with Gasteiger partial charge in [0.05, 0.1) is 0 Å². The van der Waals surface area contributed by atoms with Crippen LogP contribution >= 0.6 is 280 Å². The van der Waals surface area contributed by atoms with Crippen molar-refractivity contribution in [3.8, 4) is 0 Å². The largest absolute Gasteiger partial charge is 0.102 e. The summed E-state index contributed by atoms with van der Waals surface area (Å²) in [5.41, 5.74) is 0. The summed E-state index contributed by atoms with van der Waals surface area (Å²) in [5.74, 6) is 0. The van der Waals surface area contributed by atoms with Gasteiger partial charge in [-0.15, -0.1) is 161 Å². The molecule has 0 aliphatic rings. The molecule has 0 saturated heterocycles. The molecule has 0 saturated carbocycles. The van der Waals surface area contributed by atoms with Crippen LogP contribution in [0.2, 0.25) is 0 Å². The van der Waals surface area contributed by atoms with Crippen LogP contribution in [0.5, 0.6) is 0 Å². The molecule has 0 heterocycles. The van der Waals surface area contributed by atoms with Crippen molar-refractivity contribution in [2.45, 2.75) is 0 Å². The average molecular weight is 1120 g/mol. The molecule has 0 radical (unpaired) electrons. The third kappa shape index (κ3) is 19.3. The van der Waals surface area contributed by atoms with Crippen LogP contribution in [0.25, 0.3) is 0 Å². The quantitative estimate of drug-likeness (QED) is 0.135. The Morgan fingerprint density at radius 2 is 0.571 bits per heavy atom. The smallest absolute Gasteiger partial charge is 0.000443 e. The lowest BCUT2D eigenvalue weighted by molar-refractivity contribution is 4.44. The second kappa shape index (κ2) is 27.6. The maximum Gasteiger partial charge on any atom is -0.000443 e. The lowest BCUT2D eigenvalue weighted by Gasteiger charge is -2.51. The minimum Gasteiger partial charge on any atom is -0.102 e. The van der Waals surface area contributed by atoms with E-state index in [-0.39, 0.29) is 112 Å². The zero-order valence-corrected chi connectivity index (χ0v) is 54.1. The molecule has 22 unspecified atom stereocenters. The molecule has 0 N–H and O–H groups in total. The topological polar surface area (TPSA) is 0 Å². The summed E-state index contributed by atoms with van der Waals surface area (Å²) in [7, 11) is 60.9. The molecule has 22 atom stereocenters. The van der Waals surface area contributed by atoms with Crippen molar-refractivity contribution in [2.75, 3.05) is 0 Å². The maximum atomic E-state index is 3.61. The first-order valence-corrected chi connectivity index (χ1v) is 71.1. The summed E-state index contributed by atoms with van der Waals surface area (Å²) in [5, 5.41) is 0. The Labute approximate surface area is 277 Å². The zero-order chi connectivity index (χ0) is 27.9. The van der Waals surface area contributed by atoms with Crippen LogP contribution in [-0.4, -0.2) is 0 Å². The highest BCUT2D eigenvalue weighted by molar-refractivity contribution is 9.43. The van der Waals surface area contributed by atoms with E-state index in [4.69, 9.17) is 0 Å². The van der Waals surface area contributed by atoms with Gasteiger partial charge in [0, 0.05) is 0 Å². The molecule has 0 fully saturated rings. The van der Waals surface area contributed by atoms with Crippen molar-refractivity contribution in [1.29, 1.82) is 0 Å². The minimum absolute atomic E-state index is 0.0106. The molecule has 0 bridgehead atoms. The molecule has 0 aromatic rings. The number of hydrogen-bond donors (Lipinski definition) is 0. The van der Waals surface area contributed by atoms with Gasteiger partial charge in [-0.3, -0.25) is 0 Å². The Morgan fingerprint density at radius 3 is 0.800 bits per heavy atom. The van der Waals surface area contributed by atoms with Gasteiger partial charge in [0.2, 0.25) is 0 Å². The highest BCUT2D eigenvalue weighted by Gasteiger charge is 2.48. The molecule has 0 amide bonds. The van der Waals surface area contributed by atoms with E-state index in [0.29, 0.717) is 0 Å². The Kier molecular flexibility index (Phi) is 39.5. The lowest BCUT2D eigenvalue weighted by Crippen LogP contribution is -1.62. The number of rotatable bonds is 16. The SMILES string of the molecule is PP(P)P(PP(P)P(P(P)P(P(P)P)P(P)P)P(P(P(P)P)P(P)P)P(P(P)P)P(P)P)P(P)P. The molecule has 0 rings (SSSR count). The van der Waals surface area contributed by atoms with Gasteiger partial charge < -0.3 is 0 Å². The third-order valence-corrected chi connectivity index (χ3v) is 236. The molecule has 0 aliphatic heterocycles. The van der Waals surface area contributed by atoms with E-state index in [0.717, 1.165) is 0 Å². The highest BCUT2D eigenvalue weighted by Crippen LogP contribution is 3.37. The van der Waals surface area contributed by atoms with Gasteiger partial charge in [0.25, 0.3) is 0 Å². The van der Waals surface area contributed by atoms with E-state index in [1.54, 1.807) is 0 Å². The van der Waals surface area contributed by atoms with Gasteiger partial charge in [-0.05, 0) is 112 Å². The van der Waals surface area contributed by atoms with E-state index in [2.05, 4.69) is 161 Å². The van der Waals surface area contributed by atoms with Crippen molar-refractivity contribution >= 4 is 280 Å². The lowest BCUT2D eigenvalue weighted by atomic mass is 28.5. The van der Waals surface area contributed by atoms with Crippen LogP contribution in [0.3, 0.4) is 0 Å². The predicted molar refractivity (Wildman–Crippen MR) is 294 cm³/mol. The van der Waals surface area contributed by atoms with Crippen LogP contribution < -0.4 is 0 Å². The Balaban J connectivity index is 7.10. The second-order valence-electron chi connectivity index (χ2n) is 5.44. The van der Waals surface area contributed by atoms with Crippen molar-refractivity contribution in [2.24, 2.45) is 0 Å². The predicted octanol–water partition coefficient (Wildman–Crippen LogP) is 20.2. The fourth-order valence-electron chi connectivity index (χ4n) is 1.85. The average Bonchev–Trinajstić information content (AvgIpc) is 2.63. The summed E-state index contributed by atoms with van der Waals surface area (Å²) in [6, 6.07) is 0. The Morgan fingerprint density at radius 1 is 0.286 bits per heavy atom. The fraction of sp³-hybridized carbons (Fsp3) is 0. The van der Waals surface area contributed by atoms with Crippen LogP contribution in [0, 0.1) is 0 Å². The summed E-state index contributed by atoms with van der Waals surface area (Å²) < 4.78 is 0. The van der Waals surface area contributed by atoms with Crippen LogP contribution in [0.4, 0.5) is 0 Å². The summed E-state index contributed by atoms with van der Waals surface area (Å²) >= 11 is 0. The standard InChI is InChI=1S/H37P35/c1-20(2)30(21(3)4)19-28(17)34(29(18)31(22(5)6)23(7)8)35(32(24(9)10)25(11)12)33(26(13)14)27(15)16/h19H,1-18H2. The molecule has 212 valence electrons. The molecule has 0 aliphatic carbocycles. The van der Waals surface area contributed by atoms with E-state index in [9.17, 15) is 0 Å². The third-order valence-electron chi connectivity index (χ3n) is 2.91. The van der Waals surface area contributed by atoms with Crippen molar-refractivity contribution in [3.05, 3.63) is 0 Å². The van der Waals surface area contributed by atoms with Crippen LogP contribution in [0.15, 0.2) is 0 Å². The molecule has 35 heteroatoms. The van der Waals surface area contributed by atoms with Gasteiger partial charge >= 0.3 is 0 Å². The maximum absolute atomic E-state index is 3.61. The first-order valence-electron chi connectivity index (χ1n) is 7.89. The first-order chi connectivity index (χ1) is 15.9. The fourth-order valence-corrected chi connectivity index (χ4v) is 449. The zero-order valence-electron chi connectivity index (χ0n) is 18.0. The van der Waals surface area contributed by atoms with E-state index < -0.39 is 0 Å². The van der Waals surface area contributed by atoms with Gasteiger partial charge in [-0.25, -0.2) is 0 Å². The van der Waals surface area contributed by atoms with Crippen molar-refractivity contribution < 1.29 is 0 Å².